The van der Waals surface area contributed by atoms with Gasteiger partial charge in [0.15, 0.2) is 0 Å². The second-order valence-electron chi connectivity index (χ2n) is 5.98. The number of hydrogen-bond acceptors (Lipinski definition) is 11. The van der Waals surface area contributed by atoms with Crippen LogP contribution in [0.4, 0.5) is 0 Å². The average Bonchev–Trinajstić information content (AvgIpc) is 3.12. The first kappa shape index (κ1) is 24.1. The van der Waals surface area contributed by atoms with Gasteiger partial charge >= 0.3 is 23.5 Å². The molecular formula is C12H16NO13P3S. The lowest BCUT2D eigenvalue weighted by Gasteiger charge is -2.19. The first-order valence-electron chi connectivity index (χ1n) is 7.92. The Bertz CT molecular complexity index is 1020. The molecule has 0 bridgehead atoms. The van der Waals surface area contributed by atoms with Gasteiger partial charge in [0.25, 0.3) is 0 Å². The smallest absolute Gasteiger partial charge is 0.387 e. The number of ether oxygens (including phenoxy) is 1. The summed E-state index contributed by atoms with van der Waals surface area (Å²) in [6, 6.07) is 7.08. The molecule has 1 aromatic heterocycles. The Labute approximate surface area is 172 Å². The second kappa shape index (κ2) is 8.74. The standard InChI is InChI=1S/C12H16NO13P3S/c14-9-7(5-23-28(19,20)26-29(21,22)25-27(16,17)18)24-11(10(9)15)12-13-6-3-1-2-4-8(6)30-12/h1-4,7,9-11,14-15H,5H2,(H,19,20)(H,21,22)(H2,16,17,18)/t7-,9-,10-,11-/m1/s1. The predicted molar refractivity (Wildman–Crippen MR) is 99.1 cm³/mol. The minimum absolute atomic E-state index is 0.337. The van der Waals surface area contributed by atoms with E-state index in [0.29, 0.717) is 10.5 Å². The predicted octanol–water partition coefficient (Wildman–Crippen LogP) is 0.801. The van der Waals surface area contributed by atoms with Gasteiger partial charge in [-0.2, -0.15) is 8.62 Å². The van der Waals surface area contributed by atoms with Crippen LogP contribution in [0.15, 0.2) is 24.3 Å². The van der Waals surface area contributed by atoms with Gasteiger partial charge in [-0.1, -0.05) is 12.1 Å². The highest BCUT2D eigenvalue weighted by Crippen LogP contribution is 2.66. The third kappa shape index (κ3) is 6.00. The summed E-state index contributed by atoms with van der Waals surface area (Å²) >= 11 is 1.20. The van der Waals surface area contributed by atoms with Gasteiger partial charge in [-0.3, -0.25) is 4.52 Å². The molecule has 6 N–H and O–H groups in total. The summed E-state index contributed by atoms with van der Waals surface area (Å²) in [5, 5.41) is 20.7. The van der Waals surface area contributed by atoms with Crippen molar-refractivity contribution in [1.82, 2.24) is 4.98 Å². The lowest BCUT2D eigenvalue weighted by Crippen LogP contribution is -2.33. The highest BCUT2D eigenvalue weighted by atomic mass is 32.1. The number of phosphoric ester groups is 1. The third-order valence-electron chi connectivity index (χ3n) is 3.73. The Balaban J connectivity index is 1.65. The summed E-state index contributed by atoms with van der Waals surface area (Å²) in [5.74, 6) is 0. The molecule has 2 aromatic rings. The minimum atomic E-state index is -5.66. The summed E-state index contributed by atoms with van der Waals surface area (Å²) in [5.41, 5.74) is 0.638. The molecule has 2 heterocycles. The number of aromatic nitrogens is 1. The maximum absolute atomic E-state index is 11.8. The number of nitrogens with zero attached hydrogens (tertiary/aromatic N) is 1. The van der Waals surface area contributed by atoms with E-state index >= 15 is 0 Å². The molecule has 0 saturated carbocycles. The normalized spacial score (nSPS) is 29.0. The fraction of sp³-hybridized carbons (Fsp3) is 0.417. The topological polar surface area (TPSA) is 222 Å². The van der Waals surface area contributed by atoms with Crippen molar-refractivity contribution in [3.8, 4) is 0 Å². The lowest BCUT2D eigenvalue weighted by atomic mass is 10.1. The maximum atomic E-state index is 11.8. The zero-order valence-electron chi connectivity index (χ0n) is 14.6. The van der Waals surface area contributed by atoms with Crippen LogP contribution in [0.5, 0.6) is 0 Å². The quantitative estimate of drug-likeness (QED) is 0.272. The van der Waals surface area contributed by atoms with Crippen molar-refractivity contribution in [1.29, 1.82) is 0 Å². The summed E-state index contributed by atoms with van der Waals surface area (Å²) in [6.45, 7) is -0.886. The molecule has 0 spiro atoms. The number of aliphatic hydroxyl groups is 2. The van der Waals surface area contributed by atoms with Crippen molar-refractivity contribution < 1.29 is 61.4 Å². The van der Waals surface area contributed by atoms with Crippen molar-refractivity contribution >= 4 is 45.0 Å². The Hall–Kier alpha value is -0.600. The molecule has 30 heavy (non-hydrogen) atoms. The highest BCUT2D eigenvalue weighted by Gasteiger charge is 2.47. The van der Waals surface area contributed by atoms with E-state index in [1.807, 2.05) is 0 Å². The fourth-order valence-electron chi connectivity index (χ4n) is 2.57. The number of aliphatic hydroxyl groups excluding tert-OH is 2. The summed E-state index contributed by atoms with van der Waals surface area (Å²) < 4.78 is 51.5. The third-order valence-corrected chi connectivity index (χ3v) is 8.63. The van der Waals surface area contributed by atoms with Gasteiger partial charge in [0.1, 0.15) is 29.4 Å². The summed E-state index contributed by atoms with van der Waals surface area (Å²) in [4.78, 5) is 39.9. The van der Waals surface area contributed by atoms with E-state index < -0.39 is 54.5 Å². The number of para-hydroxylation sites is 1. The van der Waals surface area contributed by atoms with Crippen molar-refractivity contribution in [3.05, 3.63) is 29.3 Å². The van der Waals surface area contributed by atoms with Crippen LogP contribution in [0, 0.1) is 0 Å². The SMILES string of the molecule is O=P(O)(O)OP(=O)(O)OP(=O)(O)OC[C@H]1O[C@@H](c2nc3ccccc3s2)[C@H](O)[C@@H]1O. The molecule has 0 amide bonds. The molecule has 1 aromatic carbocycles. The highest BCUT2D eigenvalue weighted by molar-refractivity contribution is 7.66. The molecule has 3 rings (SSSR count). The molecule has 0 radical (unpaired) electrons. The van der Waals surface area contributed by atoms with Crippen LogP contribution in [-0.4, -0.2) is 59.7 Å². The zero-order chi connectivity index (χ0) is 22.3. The fourth-order valence-corrected chi connectivity index (χ4v) is 6.65. The van der Waals surface area contributed by atoms with E-state index in [9.17, 15) is 28.8 Å². The average molecular weight is 507 g/mol. The number of hydrogen-bond donors (Lipinski definition) is 6. The molecular weight excluding hydrogens is 491 g/mol. The van der Waals surface area contributed by atoms with Crippen LogP contribution in [0.2, 0.25) is 0 Å². The Morgan fingerprint density at radius 2 is 1.67 bits per heavy atom. The van der Waals surface area contributed by atoms with Crippen LogP contribution >= 0.6 is 34.8 Å². The van der Waals surface area contributed by atoms with Crippen LogP contribution in [0.3, 0.4) is 0 Å². The van der Waals surface area contributed by atoms with Crippen molar-refractivity contribution in [2.45, 2.75) is 24.4 Å². The molecule has 1 aliphatic rings. The van der Waals surface area contributed by atoms with E-state index in [1.54, 1.807) is 24.3 Å². The van der Waals surface area contributed by atoms with E-state index in [4.69, 9.17) is 19.4 Å². The van der Waals surface area contributed by atoms with Crippen molar-refractivity contribution in [3.63, 3.8) is 0 Å². The monoisotopic (exact) mass is 507 g/mol. The van der Waals surface area contributed by atoms with Gasteiger partial charge in [-0.05, 0) is 12.1 Å². The summed E-state index contributed by atoms with van der Waals surface area (Å²) in [7, 11) is -16.6. The van der Waals surface area contributed by atoms with Gasteiger partial charge in [0.2, 0.25) is 0 Å². The molecule has 2 unspecified atom stereocenters. The molecule has 1 saturated heterocycles. The summed E-state index contributed by atoms with van der Waals surface area (Å²) in [6.07, 6.45) is -5.47. The van der Waals surface area contributed by atoms with E-state index in [0.717, 1.165) is 4.70 Å². The molecule has 6 atom stereocenters. The first-order valence-corrected chi connectivity index (χ1v) is 13.3. The van der Waals surface area contributed by atoms with E-state index in [2.05, 4.69) is 18.1 Å². The van der Waals surface area contributed by atoms with Crippen molar-refractivity contribution in [2.75, 3.05) is 6.61 Å². The molecule has 14 nitrogen and oxygen atoms in total. The van der Waals surface area contributed by atoms with Gasteiger partial charge in [0.05, 0.1) is 16.8 Å². The van der Waals surface area contributed by atoms with E-state index in [1.165, 1.54) is 11.3 Å². The molecule has 1 aliphatic heterocycles. The zero-order valence-corrected chi connectivity index (χ0v) is 18.1. The van der Waals surface area contributed by atoms with Crippen molar-refractivity contribution in [2.24, 2.45) is 0 Å². The Morgan fingerprint density at radius 3 is 2.30 bits per heavy atom. The Kier molecular flexibility index (Phi) is 7.00. The van der Waals surface area contributed by atoms with Gasteiger partial charge in [-0.25, -0.2) is 18.7 Å². The van der Waals surface area contributed by atoms with Gasteiger partial charge in [-0.15, -0.1) is 11.3 Å². The Morgan fingerprint density at radius 1 is 1.00 bits per heavy atom. The number of rotatable bonds is 8. The lowest BCUT2D eigenvalue weighted by molar-refractivity contribution is -0.0222. The van der Waals surface area contributed by atoms with Crippen LogP contribution < -0.4 is 0 Å². The maximum Gasteiger partial charge on any atom is 0.490 e. The van der Waals surface area contributed by atoms with Gasteiger partial charge < -0.3 is 34.5 Å². The number of benzene rings is 1. The number of fused-ring (bicyclic) bond motifs is 1. The number of phosphoric acid groups is 3. The first-order chi connectivity index (χ1) is 13.8. The minimum Gasteiger partial charge on any atom is -0.387 e. The molecule has 168 valence electrons. The van der Waals surface area contributed by atoms with Gasteiger partial charge in [0, 0.05) is 0 Å². The molecule has 1 fully saturated rings. The number of thiazole rings is 1. The molecule has 18 heteroatoms. The second-order valence-corrected chi connectivity index (χ2v) is 11.5. The molecule has 0 aliphatic carbocycles. The van der Waals surface area contributed by atoms with E-state index in [-0.39, 0.29) is 0 Å². The largest absolute Gasteiger partial charge is 0.490 e. The van der Waals surface area contributed by atoms with Crippen LogP contribution in [0.1, 0.15) is 11.1 Å². The van der Waals surface area contributed by atoms with Crippen LogP contribution in [-0.2, 0) is 31.6 Å². The van der Waals surface area contributed by atoms with Crippen LogP contribution in [0.25, 0.3) is 10.2 Å².